The van der Waals surface area contributed by atoms with E-state index in [1.54, 1.807) is 12.4 Å². The average molecular weight is 525 g/mol. The first-order valence-corrected chi connectivity index (χ1v) is 13.9. The minimum atomic E-state index is -1.09. The summed E-state index contributed by atoms with van der Waals surface area (Å²) < 4.78 is 17.1. The second-order valence-corrected chi connectivity index (χ2v) is 12.7. The molecule has 5 rings (SSSR count). The van der Waals surface area contributed by atoms with Gasteiger partial charge in [-0.05, 0) is 27.2 Å². The maximum atomic E-state index is 13.2. The van der Waals surface area contributed by atoms with Crippen molar-refractivity contribution in [1.82, 2.24) is 25.1 Å². The number of aromatic nitrogens is 4. The number of hydrogen-bond donors (Lipinski definition) is 0. The summed E-state index contributed by atoms with van der Waals surface area (Å²) in [6.07, 6.45) is 2.24. The molecule has 0 spiro atoms. The number of piperazine rings is 1. The van der Waals surface area contributed by atoms with Crippen LogP contribution in [-0.2, 0) is 21.0 Å². The van der Waals surface area contributed by atoms with Gasteiger partial charge in [-0.1, -0.05) is 13.8 Å². The fourth-order valence-corrected chi connectivity index (χ4v) is 6.74. The standard InChI is InChI=1S/C25H32N8O3S/c1-6-36-18-11-19(30-29-17(18)12-26)33-14-24(3,4)20-21(27-15-28-22(20)33)31-8-9-32(16(2)13-31)23(34)25(5)7-10-37(25)35/h11,15-16H,6-10,13-14H2,1-5H3/t16?,25-,37?/m0/s1. The lowest BCUT2D eigenvalue weighted by Gasteiger charge is -2.46. The van der Waals surface area contributed by atoms with E-state index in [2.05, 4.69) is 33.9 Å². The highest BCUT2D eigenvalue weighted by Gasteiger charge is 2.50. The van der Waals surface area contributed by atoms with Crippen molar-refractivity contribution in [3.63, 3.8) is 0 Å². The third-order valence-electron chi connectivity index (χ3n) is 7.63. The Hall–Kier alpha value is -3.33. The van der Waals surface area contributed by atoms with Crippen LogP contribution in [0.5, 0.6) is 5.75 Å². The zero-order chi connectivity index (χ0) is 26.5. The molecule has 37 heavy (non-hydrogen) atoms. The molecule has 3 atom stereocenters. The van der Waals surface area contributed by atoms with Gasteiger partial charge < -0.3 is 19.4 Å². The van der Waals surface area contributed by atoms with Gasteiger partial charge in [-0.3, -0.25) is 9.00 Å². The van der Waals surface area contributed by atoms with Crippen LogP contribution in [0.15, 0.2) is 12.4 Å². The van der Waals surface area contributed by atoms with Crippen molar-refractivity contribution in [3.8, 4) is 11.8 Å². The molecule has 2 aromatic rings. The Labute approximate surface area is 219 Å². The maximum absolute atomic E-state index is 13.2. The number of carbonyl (C=O) groups is 1. The van der Waals surface area contributed by atoms with E-state index in [-0.39, 0.29) is 23.1 Å². The minimum Gasteiger partial charge on any atom is -0.491 e. The van der Waals surface area contributed by atoms with Gasteiger partial charge in [0.25, 0.3) is 0 Å². The minimum absolute atomic E-state index is 0.00634. The molecule has 1 amide bonds. The number of amides is 1. The van der Waals surface area contributed by atoms with Gasteiger partial charge in [-0.25, -0.2) is 9.97 Å². The quantitative estimate of drug-likeness (QED) is 0.572. The monoisotopic (exact) mass is 524 g/mol. The van der Waals surface area contributed by atoms with Gasteiger partial charge in [0.2, 0.25) is 11.6 Å². The van der Waals surface area contributed by atoms with Crippen molar-refractivity contribution in [2.24, 2.45) is 0 Å². The first kappa shape index (κ1) is 25.3. The van der Waals surface area contributed by atoms with Crippen molar-refractivity contribution in [1.29, 1.82) is 5.26 Å². The van der Waals surface area contributed by atoms with E-state index in [0.29, 0.717) is 56.5 Å². The van der Waals surface area contributed by atoms with Gasteiger partial charge >= 0.3 is 0 Å². The third kappa shape index (κ3) is 4.09. The Bertz CT molecular complexity index is 1310. The van der Waals surface area contributed by atoms with Crippen molar-refractivity contribution in [2.45, 2.75) is 57.2 Å². The van der Waals surface area contributed by atoms with E-state index in [1.165, 1.54) is 0 Å². The molecule has 11 nitrogen and oxygen atoms in total. The van der Waals surface area contributed by atoms with Crippen LogP contribution in [0.2, 0.25) is 0 Å². The zero-order valence-electron chi connectivity index (χ0n) is 21.9. The van der Waals surface area contributed by atoms with E-state index >= 15 is 0 Å². The molecule has 2 aromatic heterocycles. The van der Waals surface area contributed by atoms with E-state index < -0.39 is 15.5 Å². The molecular weight excluding hydrogens is 492 g/mol. The average Bonchev–Trinajstić information content (AvgIpc) is 3.17. The van der Waals surface area contributed by atoms with Crippen LogP contribution in [0.25, 0.3) is 0 Å². The van der Waals surface area contributed by atoms with E-state index in [0.717, 1.165) is 17.2 Å². The topological polar surface area (TPSA) is 128 Å². The van der Waals surface area contributed by atoms with Crippen molar-refractivity contribution < 1.29 is 13.7 Å². The Kier molecular flexibility index (Phi) is 6.30. The van der Waals surface area contributed by atoms with Gasteiger partial charge in [-0.2, -0.15) is 5.26 Å². The molecule has 0 aromatic carbocycles. The van der Waals surface area contributed by atoms with E-state index in [1.807, 2.05) is 36.6 Å². The van der Waals surface area contributed by atoms with E-state index in [4.69, 9.17) is 9.72 Å². The molecule has 5 heterocycles. The molecule has 2 fully saturated rings. The number of hydrogen-bond acceptors (Lipinski definition) is 10. The number of carbonyl (C=O) groups excluding carboxylic acids is 1. The molecule has 0 bridgehead atoms. The summed E-state index contributed by atoms with van der Waals surface area (Å²) in [5, 5.41) is 17.7. The number of anilines is 3. The Morgan fingerprint density at radius 1 is 1.24 bits per heavy atom. The Morgan fingerprint density at radius 2 is 2.00 bits per heavy atom. The highest BCUT2D eigenvalue weighted by Crippen LogP contribution is 2.47. The van der Waals surface area contributed by atoms with Crippen molar-refractivity contribution >= 4 is 34.2 Å². The fraction of sp³-hybridized carbons (Fsp3) is 0.600. The molecule has 3 aliphatic heterocycles. The molecule has 12 heteroatoms. The molecule has 2 unspecified atom stereocenters. The lowest BCUT2D eigenvalue weighted by atomic mass is 9.87. The normalized spacial score (nSPS) is 26.3. The number of nitriles is 1. The summed E-state index contributed by atoms with van der Waals surface area (Å²) in [6, 6.07) is 3.72. The number of nitrogens with zero attached hydrogens (tertiary/aromatic N) is 8. The van der Waals surface area contributed by atoms with Gasteiger partial charge in [-0.15, -0.1) is 10.2 Å². The highest BCUT2D eigenvalue weighted by molar-refractivity contribution is 7.88. The summed E-state index contributed by atoms with van der Waals surface area (Å²) in [7, 11) is -1.09. The molecule has 0 saturated carbocycles. The van der Waals surface area contributed by atoms with Crippen LogP contribution in [0.3, 0.4) is 0 Å². The van der Waals surface area contributed by atoms with Crippen LogP contribution in [0.1, 0.15) is 52.3 Å². The first-order valence-electron chi connectivity index (χ1n) is 12.6. The smallest absolute Gasteiger partial charge is 0.241 e. The SMILES string of the molecule is CCOc1cc(N2CC(C)(C)c3c(N4CCN(C(=O)[C@]5(C)CCS5=O)C(C)C4)ncnc32)nnc1C#N. The molecule has 2 saturated heterocycles. The number of rotatable bonds is 5. The molecule has 0 radical (unpaired) electrons. The highest BCUT2D eigenvalue weighted by atomic mass is 32.2. The van der Waals surface area contributed by atoms with E-state index in [9.17, 15) is 14.3 Å². The predicted octanol–water partition coefficient (Wildman–Crippen LogP) is 1.91. The number of fused-ring (bicyclic) bond motifs is 1. The van der Waals surface area contributed by atoms with Crippen molar-refractivity contribution in [3.05, 3.63) is 23.7 Å². The molecule has 0 aliphatic carbocycles. The van der Waals surface area contributed by atoms with Crippen LogP contribution < -0.4 is 14.5 Å². The molecular formula is C25H32N8O3S. The summed E-state index contributed by atoms with van der Waals surface area (Å²) in [5.41, 5.74) is 0.867. The van der Waals surface area contributed by atoms with Gasteiger partial charge in [0.15, 0.2) is 11.6 Å². The predicted molar refractivity (Wildman–Crippen MR) is 139 cm³/mol. The second kappa shape index (κ2) is 9.20. The van der Waals surface area contributed by atoms with Gasteiger partial charge in [0.05, 0.1) is 6.61 Å². The first-order chi connectivity index (χ1) is 17.6. The van der Waals surface area contributed by atoms with Gasteiger partial charge in [0.1, 0.15) is 28.8 Å². The Morgan fingerprint density at radius 3 is 2.62 bits per heavy atom. The lowest BCUT2D eigenvalue weighted by Crippen LogP contribution is -2.63. The molecule has 196 valence electrons. The largest absolute Gasteiger partial charge is 0.491 e. The van der Waals surface area contributed by atoms with Crippen LogP contribution in [0.4, 0.5) is 17.5 Å². The summed E-state index contributed by atoms with van der Waals surface area (Å²) in [5.74, 6) is 3.15. The summed E-state index contributed by atoms with van der Waals surface area (Å²) in [6.45, 7) is 12.8. The number of ether oxygens (including phenoxy) is 1. The fourth-order valence-electron chi connectivity index (χ4n) is 5.45. The lowest BCUT2D eigenvalue weighted by molar-refractivity contribution is -0.136. The molecule has 0 N–H and O–H groups in total. The van der Waals surface area contributed by atoms with Crippen LogP contribution in [-0.4, -0.2) is 84.5 Å². The Balaban J connectivity index is 1.44. The summed E-state index contributed by atoms with van der Waals surface area (Å²) in [4.78, 5) is 28.6. The van der Waals surface area contributed by atoms with Crippen LogP contribution in [0, 0.1) is 11.3 Å². The van der Waals surface area contributed by atoms with Crippen molar-refractivity contribution in [2.75, 3.05) is 48.3 Å². The molecule has 3 aliphatic rings. The van der Waals surface area contributed by atoms with Gasteiger partial charge in [0, 0.05) is 65.8 Å². The third-order valence-corrected chi connectivity index (χ3v) is 9.59. The van der Waals surface area contributed by atoms with Crippen LogP contribution >= 0.6 is 0 Å². The zero-order valence-corrected chi connectivity index (χ0v) is 22.7. The summed E-state index contributed by atoms with van der Waals surface area (Å²) >= 11 is 0. The second-order valence-electron chi connectivity index (χ2n) is 10.7. The maximum Gasteiger partial charge on any atom is 0.241 e.